The molecule has 0 bridgehead atoms. The molecule has 0 saturated carbocycles. The molecule has 0 amide bonds. The molecule has 12 heteroatoms. The highest BCUT2D eigenvalue weighted by atomic mass is 16.4. The summed E-state index contributed by atoms with van der Waals surface area (Å²) in [6.45, 7) is 7.57. The standard InChI is InChI=1S/C10H18N2O4.C6H10O4.C4H10N2/c13-9(14)3-1-2-8(10(15)16)12-6-4-11-5-7-12;7-5(8)3-1-2-4-6(9)10;1-2-6-4-3-5-1/h8,11H,1-7H2,(H,13,14)(H,15,16);1-4H2,(H,7,8)(H,9,10);5-6H,1-4H2. The van der Waals surface area contributed by atoms with Crippen molar-refractivity contribution < 1.29 is 39.6 Å². The zero-order valence-corrected chi connectivity index (χ0v) is 18.6. The van der Waals surface area contributed by atoms with E-state index in [4.69, 9.17) is 20.4 Å². The molecule has 12 nitrogen and oxygen atoms in total. The molecule has 2 rings (SSSR count). The zero-order valence-electron chi connectivity index (χ0n) is 18.6. The van der Waals surface area contributed by atoms with Crippen molar-refractivity contribution >= 4 is 23.9 Å². The Balaban J connectivity index is 0.000000508. The highest BCUT2D eigenvalue weighted by Gasteiger charge is 2.26. The van der Waals surface area contributed by atoms with Gasteiger partial charge in [-0.1, -0.05) is 0 Å². The Kier molecular flexibility index (Phi) is 18.0. The van der Waals surface area contributed by atoms with E-state index in [1.807, 2.05) is 4.90 Å². The number of hydrogen-bond acceptors (Lipinski definition) is 8. The lowest BCUT2D eigenvalue weighted by Gasteiger charge is -2.32. The monoisotopic (exact) mass is 462 g/mol. The number of carboxylic acids is 4. The number of carboxylic acid groups (broad SMARTS) is 4. The molecule has 0 aromatic rings. The molecule has 0 aromatic carbocycles. The fourth-order valence-corrected chi connectivity index (χ4v) is 3.06. The number of unbranched alkanes of at least 4 members (excludes halogenated alkanes) is 1. The number of rotatable bonds is 11. The molecule has 1 atom stereocenters. The van der Waals surface area contributed by atoms with Gasteiger partial charge in [-0.15, -0.1) is 0 Å². The van der Waals surface area contributed by atoms with Crippen molar-refractivity contribution in [3.63, 3.8) is 0 Å². The Labute approximate surface area is 188 Å². The zero-order chi connectivity index (χ0) is 24.2. The van der Waals surface area contributed by atoms with Gasteiger partial charge < -0.3 is 36.4 Å². The minimum absolute atomic E-state index is 0.0376. The molecule has 0 radical (unpaired) electrons. The molecule has 2 saturated heterocycles. The quantitative estimate of drug-likeness (QED) is 0.195. The molecule has 1 unspecified atom stereocenters. The van der Waals surface area contributed by atoms with Crippen LogP contribution in [0.2, 0.25) is 0 Å². The van der Waals surface area contributed by atoms with E-state index in [0.29, 0.717) is 38.8 Å². The first kappa shape index (κ1) is 29.7. The molecular formula is C20H38N4O8. The van der Waals surface area contributed by atoms with E-state index in [9.17, 15) is 19.2 Å². The first-order valence-electron chi connectivity index (χ1n) is 11.0. The van der Waals surface area contributed by atoms with Crippen LogP contribution in [0.1, 0.15) is 44.9 Å². The van der Waals surface area contributed by atoms with Crippen LogP contribution in [0, 0.1) is 0 Å². The Morgan fingerprint density at radius 1 is 0.625 bits per heavy atom. The van der Waals surface area contributed by atoms with Gasteiger partial charge in [0, 0.05) is 71.6 Å². The Hall–Kier alpha value is -2.28. The maximum absolute atomic E-state index is 11.1. The van der Waals surface area contributed by atoms with Crippen LogP contribution in [0.5, 0.6) is 0 Å². The van der Waals surface area contributed by atoms with Gasteiger partial charge in [0.05, 0.1) is 0 Å². The second kappa shape index (κ2) is 19.4. The third-order valence-corrected chi connectivity index (χ3v) is 4.73. The number of carbonyl (C=O) groups is 4. The van der Waals surface area contributed by atoms with Crippen molar-refractivity contribution in [2.45, 2.75) is 51.0 Å². The van der Waals surface area contributed by atoms with Gasteiger partial charge in [0.25, 0.3) is 0 Å². The molecule has 32 heavy (non-hydrogen) atoms. The summed E-state index contributed by atoms with van der Waals surface area (Å²) in [5.74, 6) is -3.47. The molecule has 2 fully saturated rings. The smallest absolute Gasteiger partial charge is 0.320 e. The van der Waals surface area contributed by atoms with Crippen LogP contribution in [0.25, 0.3) is 0 Å². The highest BCUT2D eigenvalue weighted by Crippen LogP contribution is 2.10. The van der Waals surface area contributed by atoms with Crippen LogP contribution < -0.4 is 16.0 Å². The number of piperazine rings is 2. The fourth-order valence-electron chi connectivity index (χ4n) is 3.06. The third kappa shape index (κ3) is 18.5. The van der Waals surface area contributed by atoms with E-state index in [1.165, 1.54) is 0 Å². The topological polar surface area (TPSA) is 189 Å². The number of nitrogens with zero attached hydrogens (tertiary/aromatic N) is 1. The van der Waals surface area contributed by atoms with Crippen LogP contribution >= 0.6 is 0 Å². The summed E-state index contributed by atoms with van der Waals surface area (Å²) in [6.07, 6.45) is 1.87. The van der Waals surface area contributed by atoms with Crippen LogP contribution in [-0.4, -0.2) is 108 Å². The molecule has 0 aromatic heterocycles. The fraction of sp³-hybridized carbons (Fsp3) is 0.800. The van der Waals surface area contributed by atoms with Gasteiger partial charge in [0.2, 0.25) is 0 Å². The van der Waals surface area contributed by atoms with Gasteiger partial charge in [-0.2, -0.15) is 0 Å². The minimum Gasteiger partial charge on any atom is -0.481 e. The van der Waals surface area contributed by atoms with Gasteiger partial charge in [0.15, 0.2) is 0 Å². The minimum atomic E-state index is -0.871. The van der Waals surface area contributed by atoms with Gasteiger partial charge >= 0.3 is 23.9 Å². The van der Waals surface area contributed by atoms with Crippen molar-refractivity contribution in [2.24, 2.45) is 0 Å². The number of aliphatic carboxylic acids is 4. The van der Waals surface area contributed by atoms with Crippen LogP contribution in [0.3, 0.4) is 0 Å². The lowest BCUT2D eigenvalue weighted by Crippen LogP contribution is -2.51. The summed E-state index contributed by atoms with van der Waals surface area (Å²) >= 11 is 0. The third-order valence-electron chi connectivity index (χ3n) is 4.73. The van der Waals surface area contributed by atoms with E-state index >= 15 is 0 Å². The van der Waals surface area contributed by atoms with E-state index < -0.39 is 29.9 Å². The first-order chi connectivity index (χ1) is 15.2. The lowest BCUT2D eigenvalue weighted by molar-refractivity contribution is -0.144. The van der Waals surface area contributed by atoms with Crippen LogP contribution in [0.15, 0.2) is 0 Å². The summed E-state index contributed by atoms with van der Waals surface area (Å²) in [5, 5.41) is 43.4. The van der Waals surface area contributed by atoms with Crippen molar-refractivity contribution in [1.29, 1.82) is 0 Å². The molecule has 186 valence electrons. The van der Waals surface area contributed by atoms with Crippen molar-refractivity contribution in [2.75, 3.05) is 52.4 Å². The van der Waals surface area contributed by atoms with Crippen LogP contribution in [0.4, 0.5) is 0 Å². The Bertz CT molecular complexity index is 524. The Morgan fingerprint density at radius 2 is 1.00 bits per heavy atom. The normalized spacial score (nSPS) is 17.0. The summed E-state index contributed by atoms with van der Waals surface area (Å²) in [4.78, 5) is 43.1. The first-order valence-corrected chi connectivity index (χ1v) is 11.0. The molecule has 2 aliphatic heterocycles. The van der Waals surface area contributed by atoms with E-state index in [0.717, 1.165) is 39.3 Å². The summed E-state index contributed by atoms with van der Waals surface area (Å²) in [6, 6.07) is -0.540. The maximum Gasteiger partial charge on any atom is 0.320 e. The van der Waals surface area contributed by atoms with Crippen LogP contribution in [-0.2, 0) is 19.2 Å². The average molecular weight is 463 g/mol. The highest BCUT2D eigenvalue weighted by molar-refractivity contribution is 5.73. The largest absolute Gasteiger partial charge is 0.481 e. The molecule has 0 spiro atoms. The summed E-state index contributed by atoms with van der Waals surface area (Å²) < 4.78 is 0. The maximum atomic E-state index is 11.1. The Morgan fingerprint density at radius 3 is 1.34 bits per heavy atom. The van der Waals surface area contributed by atoms with E-state index in [-0.39, 0.29) is 19.3 Å². The molecule has 0 aliphatic carbocycles. The number of hydrogen-bond donors (Lipinski definition) is 7. The van der Waals surface area contributed by atoms with Crippen molar-refractivity contribution in [1.82, 2.24) is 20.9 Å². The second-order valence-corrected chi connectivity index (χ2v) is 7.42. The molecule has 2 aliphatic rings. The summed E-state index contributed by atoms with van der Waals surface area (Å²) in [5.41, 5.74) is 0. The average Bonchev–Trinajstić information content (AvgIpc) is 2.76. The molecule has 2 heterocycles. The second-order valence-electron chi connectivity index (χ2n) is 7.42. The predicted octanol–water partition coefficient (Wildman–Crippen LogP) is -0.505. The van der Waals surface area contributed by atoms with Gasteiger partial charge in [-0.05, 0) is 25.7 Å². The van der Waals surface area contributed by atoms with Gasteiger partial charge in [-0.3, -0.25) is 24.1 Å². The molecule has 7 N–H and O–H groups in total. The van der Waals surface area contributed by atoms with Gasteiger partial charge in [-0.25, -0.2) is 0 Å². The lowest BCUT2D eigenvalue weighted by atomic mass is 10.1. The predicted molar refractivity (Wildman–Crippen MR) is 117 cm³/mol. The number of nitrogens with one attached hydrogen (secondary N) is 3. The van der Waals surface area contributed by atoms with Crippen molar-refractivity contribution in [3.8, 4) is 0 Å². The van der Waals surface area contributed by atoms with E-state index in [1.54, 1.807) is 0 Å². The van der Waals surface area contributed by atoms with E-state index in [2.05, 4.69) is 16.0 Å². The van der Waals surface area contributed by atoms with Gasteiger partial charge in [0.1, 0.15) is 6.04 Å². The molecular weight excluding hydrogens is 424 g/mol. The summed E-state index contributed by atoms with van der Waals surface area (Å²) in [7, 11) is 0. The van der Waals surface area contributed by atoms with Crippen molar-refractivity contribution in [3.05, 3.63) is 0 Å². The SMILES string of the molecule is C1CNCCN1.O=C(O)CCCC(C(=O)O)N1CCNCC1.O=C(O)CCCCC(=O)O.